The van der Waals surface area contributed by atoms with Gasteiger partial charge in [0.25, 0.3) is 0 Å². The van der Waals surface area contributed by atoms with Crippen molar-refractivity contribution in [3.63, 3.8) is 0 Å². The van der Waals surface area contributed by atoms with Crippen LogP contribution >= 0.6 is 11.6 Å². The van der Waals surface area contributed by atoms with Crippen molar-refractivity contribution in [1.29, 1.82) is 0 Å². The lowest BCUT2D eigenvalue weighted by atomic mass is 9.73. The van der Waals surface area contributed by atoms with Crippen LogP contribution in [0.25, 0.3) is 0 Å². The van der Waals surface area contributed by atoms with Gasteiger partial charge in [-0.1, -0.05) is 11.6 Å². The van der Waals surface area contributed by atoms with Crippen molar-refractivity contribution in [2.45, 2.75) is 82.6 Å². The molecule has 5 nitrogen and oxygen atoms in total. The molecule has 0 aliphatic heterocycles. The number of carbonyl (C=O) groups is 2. The van der Waals surface area contributed by atoms with Crippen molar-refractivity contribution >= 4 is 23.4 Å². The van der Waals surface area contributed by atoms with Crippen LogP contribution in [-0.4, -0.2) is 34.7 Å². The van der Waals surface area contributed by atoms with Gasteiger partial charge in [0.1, 0.15) is 11.5 Å². The topological polar surface area (TPSA) is 78.4 Å². The summed E-state index contributed by atoms with van der Waals surface area (Å²) in [5.41, 5.74) is -0.947. The standard InChI is InChI=1S/C23H29ClF2N2O3/c1-12-15(24)3-4-16(25)19(12)20(22-5-7-23(26,11-22)8-6-22)28-21(31)14-9-17(18(30)10-14)27-13(2)29/h3-4,14,17-18,20,30H,5-11H2,1-2H3,(H,27,29)(H,28,31)/t14-,17+,18-,20-,22?,23?/m1/s1. The number of amides is 2. The fourth-order valence-electron chi connectivity index (χ4n) is 6.03. The first kappa shape index (κ1) is 22.5. The highest BCUT2D eigenvalue weighted by atomic mass is 35.5. The first-order chi connectivity index (χ1) is 14.5. The van der Waals surface area contributed by atoms with Crippen LogP contribution in [0.3, 0.4) is 0 Å². The molecule has 8 heteroatoms. The molecule has 31 heavy (non-hydrogen) atoms. The number of hydrogen-bond acceptors (Lipinski definition) is 3. The van der Waals surface area contributed by atoms with Gasteiger partial charge in [0.15, 0.2) is 0 Å². The fraction of sp³-hybridized carbons (Fsp3) is 0.652. The molecule has 3 saturated carbocycles. The lowest BCUT2D eigenvalue weighted by molar-refractivity contribution is -0.127. The summed E-state index contributed by atoms with van der Waals surface area (Å²) < 4.78 is 30.1. The third kappa shape index (κ3) is 4.07. The zero-order valence-electron chi connectivity index (χ0n) is 17.8. The minimum Gasteiger partial charge on any atom is -0.391 e. The molecular weight excluding hydrogens is 426 g/mol. The molecule has 170 valence electrons. The number of aliphatic hydroxyl groups excluding tert-OH is 1. The van der Waals surface area contributed by atoms with Crippen molar-refractivity contribution in [2.24, 2.45) is 11.3 Å². The lowest BCUT2D eigenvalue weighted by Crippen LogP contribution is -2.42. The van der Waals surface area contributed by atoms with Gasteiger partial charge in [-0.3, -0.25) is 9.59 Å². The van der Waals surface area contributed by atoms with Crippen LogP contribution in [0, 0.1) is 24.1 Å². The Morgan fingerprint density at radius 3 is 2.48 bits per heavy atom. The van der Waals surface area contributed by atoms with E-state index in [1.54, 1.807) is 6.92 Å². The molecule has 0 radical (unpaired) electrons. The van der Waals surface area contributed by atoms with Crippen LogP contribution in [0.5, 0.6) is 0 Å². The minimum absolute atomic E-state index is 0.209. The van der Waals surface area contributed by atoms with Gasteiger partial charge >= 0.3 is 0 Å². The van der Waals surface area contributed by atoms with Crippen LogP contribution in [0.2, 0.25) is 5.02 Å². The second kappa shape index (κ2) is 8.00. The largest absolute Gasteiger partial charge is 0.391 e. The number of fused-ring (bicyclic) bond motifs is 2. The molecule has 0 spiro atoms. The van der Waals surface area contributed by atoms with Crippen molar-refractivity contribution < 1.29 is 23.5 Å². The third-order valence-corrected chi connectivity index (χ3v) is 8.09. The Labute approximate surface area is 185 Å². The maximum Gasteiger partial charge on any atom is 0.223 e. The number of benzene rings is 1. The maximum atomic E-state index is 15.1. The van der Waals surface area contributed by atoms with E-state index in [2.05, 4.69) is 10.6 Å². The normalized spacial score (nSPS) is 35.2. The monoisotopic (exact) mass is 454 g/mol. The molecule has 3 fully saturated rings. The molecule has 0 saturated heterocycles. The fourth-order valence-corrected chi connectivity index (χ4v) is 6.20. The number of halogens is 3. The summed E-state index contributed by atoms with van der Waals surface area (Å²) >= 11 is 6.29. The van der Waals surface area contributed by atoms with Crippen molar-refractivity contribution in [3.8, 4) is 0 Å². The molecule has 4 atom stereocenters. The van der Waals surface area contributed by atoms with E-state index in [-0.39, 0.29) is 24.7 Å². The second-order valence-electron chi connectivity index (χ2n) is 9.74. The van der Waals surface area contributed by atoms with E-state index in [1.165, 1.54) is 19.1 Å². The molecule has 3 aliphatic carbocycles. The van der Waals surface area contributed by atoms with Gasteiger partial charge in [0, 0.05) is 23.4 Å². The van der Waals surface area contributed by atoms with E-state index < -0.39 is 41.0 Å². The third-order valence-electron chi connectivity index (χ3n) is 7.68. The SMILES string of the molecule is CC(=O)N[C@H]1C[C@@H](C(=O)N[C@H](c2c(F)ccc(Cl)c2C)C23CCC(F)(CC2)C3)C[C@H]1O. The highest BCUT2D eigenvalue weighted by Crippen LogP contribution is 2.63. The Bertz CT molecular complexity index is 901. The highest BCUT2D eigenvalue weighted by Gasteiger charge is 2.59. The predicted molar refractivity (Wildman–Crippen MR) is 113 cm³/mol. The first-order valence-corrected chi connectivity index (χ1v) is 11.3. The molecule has 1 aromatic carbocycles. The number of alkyl halides is 1. The number of carbonyl (C=O) groups excluding carboxylic acids is 2. The quantitative estimate of drug-likeness (QED) is 0.631. The first-order valence-electron chi connectivity index (χ1n) is 10.9. The predicted octanol–water partition coefficient (Wildman–Crippen LogP) is 3.89. The molecule has 3 N–H and O–H groups in total. The maximum absolute atomic E-state index is 15.1. The van der Waals surface area contributed by atoms with Gasteiger partial charge in [0.05, 0.1) is 18.2 Å². The summed E-state index contributed by atoms with van der Waals surface area (Å²) in [6.07, 6.45) is 1.94. The Kier molecular flexibility index (Phi) is 5.80. The van der Waals surface area contributed by atoms with Crippen LogP contribution in [0.4, 0.5) is 8.78 Å². The summed E-state index contributed by atoms with van der Waals surface area (Å²) in [5, 5.41) is 16.4. The summed E-state index contributed by atoms with van der Waals surface area (Å²) in [5.74, 6) is -1.57. The Balaban J connectivity index is 1.63. The van der Waals surface area contributed by atoms with Crippen molar-refractivity contribution in [1.82, 2.24) is 10.6 Å². The summed E-state index contributed by atoms with van der Waals surface area (Å²) in [4.78, 5) is 24.6. The van der Waals surface area contributed by atoms with E-state index in [1.807, 2.05) is 0 Å². The van der Waals surface area contributed by atoms with Gasteiger partial charge in [-0.05, 0) is 75.0 Å². The van der Waals surface area contributed by atoms with Gasteiger partial charge in [-0.15, -0.1) is 0 Å². The van der Waals surface area contributed by atoms with Gasteiger partial charge in [-0.2, -0.15) is 0 Å². The van der Waals surface area contributed by atoms with Crippen LogP contribution in [0.1, 0.15) is 69.0 Å². The molecule has 2 bridgehead atoms. The summed E-state index contributed by atoms with van der Waals surface area (Å²) in [7, 11) is 0. The molecule has 0 heterocycles. The molecule has 0 aromatic heterocycles. The lowest BCUT2D eigenvalue weighted by Gasteiger charge is -2.38. The van der Waals surface area contributed by atoms with E-state index in [0.29, 0.717) is 48.3 Å². The van der Waals surface area contributed by atoms with Gasteiger partial charge in [0.2, 0.25) is 11.8 Å². The average Bonchev–Trinajstić information content (AvgIpc) is 3.35. The van der Waals surface area contributed by atoms with Crippen LogP contribution in [-0.2, 0) is 9.59 Å². The minimum atomic E-state index is -1.26. The van der Waals surface area contributed by atoms with Crippen molar-refractivity contribution in [2.75, 3.05) is 0 Å². The molecule has 3 aliphatic rings. The molecule has 0 unspecified atom stereocenters. The Morgan fingerprint density at radius 2 is 1.90 bits per heavy atom. The number of rotatable bonds is 5. The summed E-state index contributed by atoms with van der Waals surface area (Å²) in [6, 6.07) is 1.58. The molecule has 1 aromatic rings. The molecular formula is C23H29ClF2N2O3. The van der Waals surface area contributed by atoms with E-state index in [9.17, 15) is 14.7 Å². The Hall–Kier alpha value is -1.73. The Morgan fingerprint density at radius 1 is 1.23 bits per heavy atom. The highest BCUT2D eigenvalue weighted by molar-refractivity contribution is 6.31. The van der Waals surface area contributed by atoms with Gasteiger partial charge < -0.3 is 15.7 Å². The average molecular weight is 455 g/mol. The number of nitrogens with one attached hydrogen (secondary N) is 2. The number of hydrogen-bond donors (Lipinski definition) is 3. The summed E-state index contributed by atoms with van der Waals surface area (Å²) in [6.45, 7) is 3.08. The van der Waals surface area contributed by atoms with E-state index in [0.717, 1.165) is 0 Å². The van der Waals surface area contributed by atoms with Crippen LogP contribution < -0.4 is 10.6 Å². The zero-order chi connectivity index (χ0) is 22.6. The van der Waals surface area contributed by atoms with E-state index >= 15 is 8.78 Å². The van der Waals surface area contributed by atoms with Crippen molar-refractivity contribution in [3.05, 3.63) is 34.1 Å². The zero-order valence-corrected chi connectivity index (χ0v) is 18.6. The smallest absolute Gasteiger partial charge is 0.223 e. The second-order valence-corrected chi connectivity index (χ2v) is 10.1. The number of aliphatic hydroxyl groups is 1. The molecule has 4 rings (SSSR count). The molecule has 2 amide bonds. The van der Waals surface area contributed by atoms with Gasteiger partial charge in [-0.25, -0.2) is 8.78 Å². The van der Waals surface area contributed by atoms with E-state index in [4.69, 9.17) is 11.6 Å². The van der Waals surface area contributed by atoms with Crippen LogP contribution in [0.15, 0.2) is 12.1 Å².